The van der Waals surface area contributed by atoms with Crippen LogP contribution in [0.2, 0.25) is 5.02 Å². The third-order valence-corrected chi connectivity index (χ3v) is 12.6. The van der Waals surface area contributed by atoms with Crippen LogP contribution in [0.1, 0.15) is 37.5 Å². The average Bonchev–Trinajstić information content (AvgIpc) is 3.30. The van der Waals surface area contributed by atoms with Gasteiger partial charge in [-0.3, -0.25) is 0 Å². The summed E-state index contributed by atoms with van der Waals surface area (Å²) in [5.74, 6) is -0.179. The van der Waals surface area contributed by atoms with Crippen LogP contribution >= 0.6 is 31.4 Å². The summed E-state index contributed by atoms with van der Waals surface area (Å²) in [4.78, 5) is 14.2. The third kappa shape index (κ3) is 4.26. The van der Waals surface area contributed by atoms with Crippen LogP contribution in [-0.2, 0) is 11.2 Å². The molecule has 0 spiro atoms. The molecule has 1 unspecified atom stereocenters. The van der Waals surface area contributed by atoms with Gasteiger partial charge in [0.2, 0.25) is 0 Å². The van der Waals surface area contributed by atoms with E-state index in [2.05, 4.69) is 31.8 Å². The molecule has 3 aromatic carbocycles. The zero-order valence-corrected chi connectivity index (χ0v) is 23.5. The summed E-state index contributed by atoms with van der Waals surface area (Å²) in [6, 6.07) is 12.5. The van der Waals surface area contributed by atoms with E-state index < -0.39 is 25.8 Å². The van der Waals surface area contributed by atoms with Crippen LogP contribution in [-0.4, -0.2) is 22.6 Å². The van der Waals surface area contributed by atoms with Crippen molar-refractivity contribution in [3.8, 4) is 5.75 Å². The molecule has 1 aliphatic carbocycles. The summed E-state index contributed by atoms with van der Waals surface area (Å²) in [7, 11) is 0. The van der Waals surface area contributed by atoms with Crippen LogP contribution in [0.15, 0.2) is 63.3 Å². The number of benzene rings is 3. The van der Waals surface area contributed by atoms with Gasteiger partial charge in [-0.2, -0.15) is 0 Å². The van der Waals surface area contributed by atoms with E-state index in [-0.39, 0.29) is 5.82 Å². The monoisotopic (exact) mass is 616 g/mol. The number of ether oxygens (including phenoxy) is 1. The van der Waals surface area contributed by atoms with Crippen molar-refractivity contribution in [1.82, 2.24) is 0 Å². The van der Waals surface area contributed by atoms with Crippen molar-refractivity contribution in [2.75, 3.05) is 11.5 Å². The Morgan fingerprint density at radius 3 is 2.67 bits per heavy atom. The van der Waals surface area contributed by atoms with Gasteiger partial charge in [0.1, 0.15) is 0 Å². The molecule has 6 heteroatoms. The number of alkyl halides is 1. The van der Waals surface area contributed by atoms with E-state index in [0.29, 0.717) is 33.3 Å². The standard InChI is InChI=1S/C30H27ClFIO3/c1-16-12-17(2)27(18(16)3)28-24(31)15-26(23-14-25(30(34)35)33(4)29(23)28)36-11-10-19-6-5-7-20-13-21(32)8-9-22(19)20/h5-9,12-16H,10-11H2,1-4H3,(H,34,35). The van der Waals surface area contributed by atoms with E-state index in [9.17, 15) is 14.3 Å². The van der Waals surface area contributed by atoms with E-state index >= 15 is 0 Å². The molecule has 0 saturated carbocycles. The second-order valence-corrected chi connectivity index (χ2v) is 14.7. The van der Waals surface area contributed by atoms with Crippen molar-refractivity contribution < 1.29 is 19.0 Å². The van der Waals surface area contributed by atoms with Crippen molar-refractivity contribution in [3.05, 3.63) is 94.4 Å². The minimum atomic E-state index is -2.19. The van der Waals surface area contributed by atoms with E-state index in [0.717, 1.165) is 36.6 Å². The number of rotatable bonds is 6. The van der Waals surface area contributed by atoms with Gasteiger partial charge >= 0.3 is 224 Å². The Balaban J connectivity index is 1.52. The number of carbonyl (C=O) groups is 1. The number of hydrogen-bond acceptors (Lipinski definition) is 2. The Morgan fingerprint density at radius 1 is 1.19 bits per heavy atom. The SMILES string of the molecule is CC1=CC(C)C(C)=C1c1c(Cl)cc(OCCc2cccc3cc(F)ccc23)c2c1I(C)C(C(=O)O)=C2. The maximum absolute atomic E-state index is 13.7. The predicted octanol–water partition coefficient (Wildman–Crippen LogP) is 8.37. The molecule has 1 heterocycles. The molecule has 0 radical (unpaired) electrons. The Morgan fingerprint density at radius 2 is 1.97 bits per heavy atom. The van der Waals surface area contributed by atoms with Crippen LogP contribution in [0.3, 0.4) is 0 Å². The third-order valence-electron chi connectivity index (χ3n) is 7.07. The Kier molecular flexibility index (Phi) is 6.72. The molecule has 0 fully saturated rings. The van der Waals surface area contributed by atoms with Crippen molar-refractivity contribution in [3.63, 3.8) is 0 Å². The second kappa shape index (κ2) is 9.67. The van der Waals surface area contributed by atoms with Gasteiger partial charge in [-0.25, -0.2) is 0 Å². The first-order chi connectivity index (χ1) is 17.2. The molecule has 3 aromatic rings. The first-order valence-corrected chi connectivity index (χ1v) is 16.5. The summed E-state index contributed by atoms with van der Waals surface area (Å²) < 4.78 is 21.5. The summed E-state index contributed by atoms with van der Waals surface area (Å²) in [6.45, 7) is 6.79. The van der Waals surface area contributed by atoms with Crippen molar-refractivity contribution in [2.45, 2.75) is 27.2 Å². The molecule has 186 valence electrons. The zero-order chi connectivity index (χ0) is 25.7. The summed E-state index contributed by atoms with van der Waals surface area (Å²) in [5.41, 5.74) is 6.48. The molecule has 1 N–H and O–H groups in total. The Hall–Kier alpha value is -2.64. The predicted molar refractivity (Wildman–Crippen MR) is 154 cm³/mol. The van der Waals surface area contributed by atoms with Gasteiger partial charge in [-0.15, -0.1) is 0 Å². The molecule has 0 amide bonds. The van der Waals surface area contributed by atoms with Crippen molar-refractivity contribution in [1.29, 1.82) is 0 Å². The van der Waals surface area contributed by atoms with Crippen molar-refractivity contribution in [2.24, 2.45) is 5.92 Å². The maximum atomic E-state index is 13.7. The fraction of sp³-hybridized carbons (Fsp3) is 0.233. The minimum absolute atomic E-state index is 0.256. The second-order valence-electron chi connectivity index (χ2n) is 9.31. The molecule has 2 aliphatic rings. The van der Waals surface area contributed by atoms with Crippen LogP contribution in [0.4, 0.5) is 4.39 Å². The van der Waals surface area contributed by atoms with E-state index in [1.54, 1.807) is 12.1 Å². The number of halogens is 3. The van der Waals surface area contributed by atoms with Gasteiger partial charge in [0.15, 0.2) is 0 Å². The van der Waals surface area contributed by atoms with Gasteiger partial charge in [-0.05, 0) is 0 Å². The zero-order valence-electron chi connectivity index (χ0n) is 20.6. The molecule has 3 nitrogen and oxygen atoms in total. The molecule has 5 rings (SSSR count). The van der Waals surface area contributed by atoms with Gasteiger partial charge in [0.05, 0.1) is 0 Å². The number of carboxylic acid groups (broad SMARTS) is 1. The number of fused-ring (bicyclic) bond motifs is 2. The Bertz CT molecular complexity index is 1520. The first kappa shape index (κ1) is 25.0. The van der Waals surface area contributed by atoms with Crippen LogP contribution in [0, 0.1) is 15.3 Å². The summed E-state index contributed by atoms with van der Waals surface area (Å²) in [6.07, 6.45) is 4.67. The number of aliphatic carboxylic acids is 1. The van der Waals surface area contributed by atoms with Gasteiger partial charge in [-0.1, -0.05) is 0 Å². The molecular formula is C30H27ClFIO3. The Labute approximate surface area is 222 Å². The molecule has 0 bridgehead atoms. The summed E-state index contributed by atoms with van der Waals surface area (Å²) in [5, 5.41) is 12.4. The van der Waals surface area contributed by atoms with E-state index in [4.69, 9.17) is 16.3 Å². The molecule has 1 atom stereocenters. The number of allylic oxidation sites excluding steroid dienone is 4. The molecule has 0 aromatic heterocycles. The molecule has 0 saturated heterocycles. The fourth-order valence-electron chi connectivity index (χ4n) is 5.21. The van der Waals surface area contributed by atoms with Crippen LogP contribution in [0.25, 0.3) is 22.4 Å². The topological polar surface area (TPSA) is 46.5 Å². The van der Waals surface area contributed by atoms with E-state index in [1.807, 2.05) is 24.3 Å². The molecule has 36 heavy (non-hydrogen) atoms. The molecular weight excluding hydrogens is 590 g/mol. The van der Waals surface area contributed by atoms with Gasteiger partial charge < -0.3 is 0 Å². The number of hydrogen-bond donors (Lipinski definition) is 1. The van der Waals surface area contributed by atoms with Crippen LogP contribution < -0.4 is 4.74 Å². The molecule has 1 aliphatic heterocycles. The average molecular weight is 617 g/mol. The summed E-state index contributed by atoms with van der Waals surface area (Å²) >= 11 is 4.74. The first-order valence-electron chi connectivity index (χ1n) is 11.8. The van der Waals surface area contributed by atoms with Crippen molar-refractivity contribution >= 4 is 59.8 Å². The quantitative estimate of drug-likeness (QED) is 0.224. The van der Waals surface area contributed by atoms with Gasteiger partial charge in [0, 0.05) is 0 Å². The normalized spacial score (nSPS) is 17.9. The van der Waals surface area contributed by atoms with E-state index in [1.165, 1.54) is 23.3 Å². The van der Waals surface area contributed by atoms with Crippen LogP contribution in [0.5, 0.6) is 5.75 Å². The van der Waals surface area contributed by atoms with Gasteiger partial charge in [0.25, 0.3) is 0 Å². The fourth-order valence-corrected chi connectivity index (χ4v) is 10.4. The number of carboxylic acids is 1.